The first-order chi connectivity index (χ1) is 16.6. The molecular weight excluding hydrogens is 470 g/mol. The van der Waals surface area contributed by atoms with E-state index in [2.05, 4.69) is 20.3 Å². The second-order valence-electron chi connectivity index (χ2n) is 7.24. The number of hydrogen-bond acceptors (Lipinski definition) is 6. The SMILES string of the molecule is COc1ccc(-c2csc(-n3[nH]c(-c4ccccc4)c(N=Nc4ccccc4Cl)c3=O)n2)cc1. The van der Waals surface area contributed by atoms with Gasteiger partial charge < -0.3 is 4.74 Å². The van der Waals surface area contributed by atoms with E-state index in [-0.39, 0.29) is 11.2 Å². The van der Waals surface area contributed by atoms with Crippen LogP contribution < -0.4 is 10.3 Å². The summed E-state index contributed by atoms with van der Waals surface area (Å²) in [5.74, 6) is 0.765. The summed E-state index contributed by atoms with van der Waals surface area (Å²) in [4.78, 5) is 18.1. The number of benzene rings is 3. The van der Waals surface area contributed by atoms with Crippen LogP contribution in [0.2, 0.25) is 5.02 Å². The van der Waals surface area contributed by atoms with Gasteiger partial charge in [0, 0.05) is 16.5 Å². The maximum Gasteiger partial charge on any atom is 0.301 e. The Morgan fingerprint density at radius 2 is 1.68 bits per heavy atom. The third-order valence-corrected chi connectivity index (χ3v) is 6.25. The number of methoxy groups -OCH3 is 1. The van der Waals surface area contributed by atoms with E-state index in [9.17, 15) is 4.79 Å². The Morgan fingerprint density at radius 3 is 2.41 bits per heavy atom. The molecule has 0 atom stereocenters. The van der Waals surface area contributed by atoms with Gasteiger partial charge in [0.05, 0.1) is 23.5 Å². The molecule has 0 unspecified atom stereocenters. The zero-order valence-electron chi connectivity index (χ0n) is 18.0. The van der Waals surface area contributed by atoms with Gasteiger partial charge in [-0.2, -0.15) is 4.68 Å². The van der Waals surface area contributed by atoms with E-state index in [1.54, 1.807) is 19.2 Å². The van der Waals surface area contributed by atoms with E-state index >= 15 is 0 Å². The Kier molecular flexibility index (Phi) is 6.07. The fourth-order valence-electron chi connectivity index (χ4n) is 3.36. The van der Waals surface area contributed by atoms with Gasteiger partial charge in [-0.25, -0.2) is 4.98 Å². The molecule has 168 valence electrons. The van der Waals surface area contributed by atoms with Crippen molar-refractivity contribution >= 4 is 34.3 Å². The quantitative estimate of drug-likeness (QED) is 0.261. The van der Waals surface area contributed by atoms with E-state index in [1.165, 1.54) is 16.0 Å². The van der Waals surface area contributed by atoms with Crippen molar-refractivity contribution in [3.63, 3.8) is 0 Å². The first kappa shape index (κ1) is 21.8. The summed E-state index contributed by atoms with van der Waals surface area (Å²) in [6.45, 7) is 0. The van der Waals surface area contributed by atoms with E-state index in [1.807, 2.05) is 72.1 Å². The number of ether oxygens (including phenoxy) is 1. The summed E-state index contributed by atoms with van der Waals surface area (Å²) >= 11 is 7.56. The van der Waals surface area contributed by atoms with Crippen LogP contribution in [0.3, 0.4) is 0 Å². The number of halogens is 1. The fourth-order valence-corrected chi connectivity index (χ4v) is 4.32. The van der Waals surface area contributed by atoms with Crippen LogP contribution >= 0.6 is 22.9 Å². The van der Waals surface area contributed by atoms with Crippen molar-refractivity contribution in [1.82, 2.24) is 14.8 Å². The molecule has 7 nitrogen and oxygen atoms in total. The Labute approximate surface area is 204 Å². The molecule has 0 fully saturated rings. The van der Waals surface area contributed by atoms with Gasteiger partial charge in [0.1, 0.15) is 11.4 Å². The number of aromatic amines is 1. The molecule has 9 heteroatoms. The number of nitrogens with zero attached hydrogens (tertiary/aromatic N) is 4. The molecule has 0 aliphatic carbocycles. The number of thiazole rings is 1. The first-order valence-corrected chi connectivity index (χ1v) is 11.6. The highest BCUT2D eigenvalue weighted by molar-refractivity contribution is 7.12. The second-order valence-corrected chi connectivity index (χ2v) is 8.48. The summed E-state index contributed by atoms with van der Waals surface area (Å²) in [6.07, 6.45) is 0. The molecular formula is C25H18ClN5O2S. The lowest BCUT2D eigenvalue weighted by Gasteiger charge is -2.00. The summed E-state index contributed by atoms with van der Waals surface area (Å²) in [6, 6.07) is 24.2. The second kappa shape index (κ2) is 9.46. The van der Waals surface area contributed by atoms with E-state index in [0.29, 0.717) is 21.5 Å². The maximum absolute atomic E-state index is 13.4. The molecule has 0 saturated carbocycles. The van der Waals surface area contributed by atoms with E-state index in [4.69, 9.17) is 16.3 Å². The number of H-pyrrole nitrogens is 1. The van der Waals surface area contributed by atoms with Crippen molar-refractivity contribution in [3.8, 4) is 33.4 Å². The van der Waals surface area contributed by atoms with Crippen LogP contribution in [0, 0.1) is 0 Å². The number of hydrogen-bond donors (Lipinski definition) is 1. The monoisotopic (exact) mass is 487 g/mol. The lowest BCUT2D eigenvalue weighted by Crippen LogP contribution is -2.13. The minimum Gasteiger partial charge on any atom is -0.497 e. The van der Waals surface area contributed by atoms with E-state index in [0.717, 1.165) is 22.6 Å². The van der Waals surface area contributed by atoms with Crippen LogP contribution in [0.5, 0.6) is 5.75 Å². The van der Waals surface area contributed by atoms with Gasteiger partial charge >= 0.3 is 5.56 Å². The third kappa shape index (κ3) is 4.28. The van der Waals surface area contributed by atoms with Crippen LogP contribution in [0.15, 0.2) is 99.3 Å². The van der Waals surface area contributed by atoms with Crippen molar-refractivity contribution in [2.24, 2.45) is 10.2 Å². The number of rotatable bonds is 6. The lowest BCUT2D eigenvalue weighted by molar-refractivity contribution is 0.415. The normalized spacial score (nSPS) is 11.2. The van der Waals surface area contributed by atoms with Gasteiger partial charge in [-0.05, 0) is 36.4 Å². The minimum absolute atomic E-state index is 0.173. The Hall–Kier alpha value is -4.01. The highest BCUT2D eigenvalue weighted by Crippen LogP contribution is 2.31. The van der Waals surface area contributed by atoms with Gasteiger partial charge in [0.25, 0.3) is 0 Å². The van der Waals surface area contributed by atoms with Crippen LogP contribution in [0.25, 0.3) is 27.6 Å². The minimum atomic E-state index is -0.356. The summed E-state index contributed by atoms with van der Waals surface area (Å²) in [5, 5.41) is 14.5. The fraction of sp³-hybridized carbons (Fsp3) is 0.0400. The number of nitrogens with one attached hydrogen (secondary N) is 1. The predicted molar refractivity (Wildman–Crippen MR) is 135 cm³/mol. The van der Waals surface area contributed by atoms with Crippen molar-refractivity contribution in [2.45, 2.75) is 0 Å². The molecule has 34 heavy (non-hydrogen) atoms. The molecule has 0 aliphatic rings. The van der Waals surface area contributed by atoms with Crippen LogP contribution in [-0.4, -0.2) is 21.9 Å². The highest BCUT2D eigenvalue weighted by atomic mass is 35.5. The van der Waals surface area contributed by atoms with Crippen LogP contribution in [-0.2, 0) is 0 Å². The summed E-state index contributed by atoms with van der Waals surface area (Å²) in [7, 11) is 1.62. The van der Waals surface area contributed by atoms with Crippen molar-refractivity contribution in [1.29, 1.82) is 0 Å². The smallest absolute Gasteiger partial charge is 0.301 e. The molecule has 0 spiro atoms. The van der Waals surface area contributed by atoms with Crippen LogP contribution in [0.4, 0.5) is 11.4 Å². The van der Waals surface area contributed by atoms with Gasteiger partial charge in [-0.1, -0.05) is 54.1 Å². The average Bonchev–Trinajstić information content (AvgIpc) is 3.49. The molecule has 5 aromatic rings. The lowest BCUT2D eigenvalue weighted by atomic mass is 10.1. The van der Waals surface area contributed by atoms with Gasteiger partial charge in [-0.3, -0.25) is 9.89 Å². The van der Waals surface area contributed by atoms with Gasteiger partial charge in [-0.15, -0.1) is 21.6 Å². The Bertz CT molecular complexity index is 1520. The van der Waals surface area contributed by atoms with Gasteiger partial charge in [0.2, 0.25) is 5.13 Å². The molecule has 2 heterocycles. The molecule has 0 aliphatic heterocycles. The molecule has 5 rings (SSSR count). The van der Waals surface area contributed by atoms with Crippen molar-refractivity contribution in [2.75, 3.05) is 7.11 Å². The molecule has 1 N–H and O–H groups in total. The third-order valence-electron chi connectivity index (χ3n) is 5.11. The Balaban J connectivity index is 1.58. The Morgan fingerprint density at radius 1 is 0.941 bits per heavy atom. The molecule has 0 amide bonds. The average molecular weight is 488 g/mol. The largest absolute Gasteiger partial charge is 0.497 e. The van der Waals surface area contributed by atoms with E-state index < -0.39 is 0 Å². The number of aromatic nitrogens is 3. The number of azo groups is 1. The zero-order chi connectivity index (χ0) is 23.5. The predicted octanol–water partition coefficient (Wildman–Crippen LogP) is 7.03. The first-order valence-electron chi connectivity index (χ1n) is 10.3. The zero-order valence-corrected chi connectivity index (χ0v) is 19.5. The summed E-state index contributed by atoms with van der Waals surface area (Å²) < 4.78 is 6.61. The molecule has 0 bridgehead atoms. The van der Waals surface area contributed by atoms with Crippen molar-refractivity contribution < 1.29 is 4.74 Å². The van der Waals surface area contributed by atoms with Crippen molar-refractivity contribution in [3.05, 3.63) is 99.6 Å². The molecule has 3 aromatic carbocycles. The molecule has 0 radical (unpaired) electrons. The standard InChI is InChI=1S/C25H18ClN5O2S/c1-33-18-13-11-16(12-14-18)21-15-34-25(27-21)31-24(32)23(22(30-31)17-7-3-2-4-8-17)29-28-20-10-6-5-9-19(20)26/h2-15,30H,1H3. The highest BCUT2D eigenvalue weighted by Gasteiger charge is 2.19. The van der Waals surface area contributed by atoms with Gasteiger partial charge in [0.15, 0.2) is 5.69 Å². The van der Waals surface area contributed by atoms with Crippen LogP contribution in [0.1, 0.15) is 0 Å². The summed E-state index contributed by atoms with van der Waals surface area (Å²) in [5.41, 5.74) is 3.32. The molecule has 0 saturated heterocycles. The topological polar surface area (TPSA) is 84.6 Å². The maximum atomic E-state index is 13.4. The molecule has 2 aromatic heterocycles.